The van der Waals surface area contributed by atoms with Gasteiger partial charge in [0, 0.05) is 0 Å². The lowest BCUT2D eigenvalue weighted by atomic mass is 9.89. The molecule has 4 rings (SSSR count). The number of hydrogen-bond donors (Lipinski definition) is 3. The van der Waals surface area contributed by atoms with E-state index in [9.17, 15) is 8.42 Å². The Morgan fingerprint density at radius 1 is 0.667 bits per heavy atom. The minimum Gasteiger partial charge on any atom is -0.496 e. The van der Waals surface area contributed by atoms with Gasteiger partial charge in [0.2, 0.25) is 0 Å². The average Bonchev–Trinajstić information content (AvgIpc) is 2.92. The van der Waals surface area contributed by atoms with Crippen LogP contribution in [0.2, 0.25) is 0 Å². The van der Waals surface area contributed by atoms with Crippen LogP contribution in [-0.4, -0.2) is 59.6 Å². The molecule has 218 valence electrons. The predicted octanol–water partition coefficient (Wildman–Crippen LogP) is 4.71. The van der Waals surface area contributed by atoms with E-state index in [1.54, 1.807) is 25.3 Å². The molecule has 0 spiro atoms. The van der Waals surface area contributed by atoms with E-state index in [0.29, 0.717) is 6.26 Å². The van der Waals surface area contributed by atoms with Gasteiger partial charge in [-0.15, -0.1) is 0 Å². The van der Waals surface area contributed by atoms with Gasteiger partial charge in [0.1, 0.15) is 11.5 Å². The smallest absolute Gasteiger partial charge is 0.261 e. The molecule has 0 bridgehead atoms. The van der Waals surface area contributed by atoms with Gasteiger partial charge in [0.05, 0.1) is 20.5 Å². The fourth-order valence-corrected chi connectivity index (χ4v) is 5.60. The molecule has 0 aliphatic heterocycles. The molecule has 0 saturated carbocycles. The first-order chi connectivity index (χ1) is 18.8. The summed E-state index contributed by atoms with van der Waals surface area (Å²) in [6, 6.07) is 9.37. The van der Waals surface area contributed by atoms with E-state index in [-0.39, 0.29) is 0 Å². The normalized spacial score (nSPS) is 14.6. The molecule has 8 heteroatoms. The van der Waals surface area contributed by atoms with Crippen molar-refractivity contribution in [3.63, 3.8) is 0 Å². The van der Waals surface area contributed by atoms with Crippen molar-refractivity contribution in [1.82, 2.24) is 10.6 Å². The number of ether oxygens (including phenoxy) is 2. The minimum atomic E-state index is -3.67. The van der Waals surface area contributed by atoms with Crippen molar-refractivity contribution in [2.75, 3.05) is 46.7 Å². The zero-order valence-corrected chi connectivity index (χ0v) is 24.9. The second-order valence-corrected chi connectivity index (χ2v) is 12.2. The Bertz CT molecular complexity index is 1070. The molecule has 2 aromatic carbocycles. The molecule has 2 aliphatic carbocycles. The molecule has 0 atom stereocenters. The van der Waals surface area contributed by atoms with Gasteiger partial charge in [-0.3, -0.25) is 4.55 Å². The van der Waals surface area contributed by atoms with Gasteiger partial charge in [-0.05, 0) is 149 Å². The summed E-state index contributed by atoms with van der Waals surface area (Å²) in [5, 5.41) is 7.25. The van der Waals surface area contributed by atoms with Crippen LogP contribution in [0.5, 0.6) is 11.5 Å². The van der Waals surface area contributed by atoms with Gasteiger partial charge >= 0.3 is 0 Å². The van der Waals surface area contributed by atoms with E-state index >= 15 is 0 Å². The second kappa shape index (κ2) is 16.2. The first-order valence-electron chi connectivity index (χ1n) is 14.5. The SMILES string of the molecule is COc1cc2c(cc1CCNCCCCNCCc1cc3c(cc1OC)CCCC3)CCCC2.CS(=O)(=O)O. The Labute approximate surface area is 235 Å². The average molecular weight is 561 g/mol. The van der Waals surface area contributed by atoms with E-state index in [2.05, 4.69) is 34.9 Å². The number of aryl methyl sites for hydroxylation is 4. The summed E-state index contributed by atoms with van der Waals surface area (Å²) in [4.78, 5) is 0. The lowest BCUT2D eigenvalue weighted by Gasteiger charge is -2.19. The number of nitrogens with one attached hydrogen (secondary N) is 2. The van der Waals surface area contributed by atoms with E-state index in [0.717, 1.165) is 50.5 Å². The number of hydrogen-bond acceptors (Lipinski definition) is 6. The van der Waals surface area contributed by atoms with Crippen molar-refractivity contribution < 1.29 is 22.4 Å². The van der Waals surface area contributed by atoms with Crippen LogP contribution in [-0.2, 0) is 48.6 Å². The Morgan fingerprint density at radius 3 is 1.33 bits per heavy atom. The maximum Gasteiger partial charge on any atom is 0.261 e. The molecule has 2 aromatic rings. The van der Waals surface area contributed by atoms with Crippen molar-refractivity contribution in [3.05, 3.63) is 57.6 Å². The highest BCUT2D eigenvalue weighted by Crippen LogP contribution is 2.30. The van der Waals surface area contributed by atoms with Gasteiger partial charge < -0.3 is 20.1 Å². The van der Waals surface area contributed by atoms with Gasteiger partial charge in [-0.1, -0.05) is 12.1 Å². The molecular weight excluding hydrogens is 512 g/mol. The third kappa shape index (κ3) is 11.1. The molecule has 0 unspecified atom stereocenters. The van der Waals surface area contributed by atoms with Gasteiger partial charge in [-0.25, -0.2) is 0 Å². The van der Waals surface area contributed by atoms with Crippen molar-refractivity contribution >= 4 is 10.1 Å². The fourth-order valence-electron chi connectivity index (χ4n) is 5.60. The molecule has 39 heavy (non-hydrogen) atoms. The van der Waals surface area contributed by atoms with Gasteiger partial charge in [0.15, 0.2) is 0 Å². The van der Waals surface area contributed by atoms with Crippen LogP contribution < -0.4 is 20.1 Å². The highest BCUT2D eigenvalue weighted by molar-refractivity contribution is 7.85. The third-order valence-corrected chi connectivity index (χ3v) is 7.59. The number of methoxy groups -OCH3 is 2. The molecule has 0 aromatic heterocycles. The maximum absolute atomic E-state index is 9.19. The molecule has 3 N–H and O–H groups in total. The number of rotatable bonds is 13. The van der Waals surface area contributed by atoms with Crippen molar-refractivity contribution in [2.45, 2.75) is 77.0 Å². The standard InChI is InChI=1S/C30H44N2O2.CH4O3S/c1-33-29-21-25-11-5-3-9-23(25)19-27(29)13-17-31-15-7-8-16-32-18-14-28-20-24-10-4-6-12-26(24)22-30(28)34-2;1-5(2,3)4/h19-22,31-32H,3-18H2,1-2H3;1H3,(H,2,3,4). The highest BCUT2D eigenvalue weighted by atomic mass is 32.2. The van der Waals surface area contributed by atoms with Gasteiger partial charge in [-0.2, -0.15) is 8.42 Å². The number of benzene rings is 2. The Balaban J connectivity index is 0.000000771. The zero-order valence-electron chi connectivity index (χ0n) is 24.1. The van der Waals surface area contributed by atoms with E-state index in [1.807, 2.05) is 0 Å². The zero-order chi connectivity index (χ0) is 28.1. The van der Waals surface area contributed by atoms with Crippen molar-refractivity contribution in [1.29, 1.82) is 0 Å². The summed E-state index contributed by atoms with van der Waals surface area (Å²) in [7, 11) is -0.0632. The van der Waals surface area contributed by atoms with Crippen LogP contribution in [0.15, 0.2) is 24.3 Å². The van der Waals surface area contributed by atoms with Crippen LogP contribution >= 0.6 is 0 Å². The monoisotopic (exact) mass is 560 g/mol. The fraction of sp³-hybridized carbons (Fsp3) is 0.613. The van der Waals surface area contributed by atoms with E-state index in [4.69, 9.17) is 14.0 Å². The molecule has 0 saturated heterocycles. The van der Waals surface area contributed by atoms with E-state index < -0.39 is 10.1 Å². The third-order valence-electron chi connectivity index (χ3n) is 7.59. The second-order valence-electron chi connectivity index (χ2n) is 10.7. The summed E-state index contributed by atoms with van der Waals surface area (Å²) < 4.78 is 37.2. The first-order valence-corrected chi connectivity index (χ1v) is 16.3. The van der Waals surface area contributed by atoms with Crippen LogP contribution in [0.25, 0.3) is 0 Å². The van der Waals surface area contributed by atoms with Crippen molar-refractivity contribution in [2.24, 2.45) is 0 Å². The molecular formula is C31H48N2O5S. The summed E-state index contributed by atoms with van der Waals surface area (Å²) in [6.07, 6.45) is 15.4. The largest absolute Gasteiger partial charge is 0.496 e. The van der Waals surface area contributed by atoms with E-state index in [1.165, 1.54) is 86.5 Å². The number of unbranched alkanes of at least 4 members (excludes halogenated alkanes) is 1. The quantitative estimate of drug-likeness (QED) is 0.241. The van der Waals surface area contributed by atoms with Crippen LogP contribution in [0, 0.1) is 0 Å². The van der Waals surface area contributed by atoms with Crippen molar-refractivity contribution in [3.8, 4) is 11.5 Å². The molecule has 0 radical (unpaired) electrons. The molecule has 0 amide bonds. The predicted molar refractivity (Wildman–Crippen MR) is 159 cm³/mol. The highest BCUT2D eigenvalue weighted by Gasteiger charge is 2.15. The molecule has 0 heterocycles. The van der Waals surface area contributed by atoms with Gasteiger partial charge in [0.25, 0.3) is 10.1 Å². The number of fused-ring (bicyclic) bond motifs is 2. The molecule has 2 aliphatic rings. The van der Waals surface area contributed by atoms with Crippen LogP contribution in [0.1, 0.15) is 71.9 Å². The molecule has 0 fully saturated rings. The van der Waals surface area contributed by atoms with Crippen LogP contribution in [0.3, 0.4) is 0 Å². The summed E-state index contributed by atoms with van der Waals surface area (Å²) >= 11 is 0. The summed E-state index contributed by atoms with van der Waals surface area (Å²) in [5.41, 5.74) is 8.79. The minimum absolute atomic E-state index is 0.715. The van der Waals surface area contributed by atoms with Crippen LogP contribution in [0.4, 0.5) is 0 Å². The Kier molecular flexibility index (Phi) is 13.1. The first kappa shape index (κ1) is 31.4. The lowest BCUT2D eigenvalue weighted by molar-refractivity contribution is 0.407. The lowest BCUT2D eigenvalue weighted by Crippen LogP contribution is -2.22. The summed E-state index contributed by atoms with van der Waals surface area (Å²) in [5.74, 6) is 2.14. The Hall–Kier alpha value is -2.13. The topological polar surface area (TPSA) is 96.9 Å². The molecule has 7 nitrogen and oxygen atoms in total. The Morgan fingerprint density at radius 2 is 1.00 bits per heavy atom. The maximum atomic E-state index is 9.19. The summed E-state index contributed by atoms with van der Waals surface area (Å²) in [6.45, 7) is 4.18.